The number of ether oxygens (including phenoxy) is 1. The van der Waals surface area contributed by atoms with E-state index in [0.717, 1.165) is 72.3 Å². The number of nitrogens with zero attached hydrogens (tertiary/aromatic N) is 5. The summed E-state index contributed by atoms with van der Waals surface area (Å²) < 4.78 is 12.0. The number of morpholine rings is 1. The van der Waals surface area contributed by atoms with Crippen molar-refractivity contribution in [2.45, 2.75) is 32.1 Å². The molecule has 1 aliphatic carbocycles. The summed E-state index contributed by atoms with van der Waals surface area (Å²) >= 11 is 1.61. The molecule has 0 bridgehead atoms. The van der Waals surface area contributed by atoms with Crippen molar-refractivity contribution < 1.29 is 13.9 Å². The van der Waals surface area contributed by atoms with Crippen molar-refractivity contribution in [3.8, 4) is 0 Å². The zero-order valence-corrected chi connectivity index (χ0v) is 18.9. The van der Waals surface area contributed by atoms with Crippen LogP contribution in [-0.2, 0) is 4.74 Å². The third kappa shape index (κ3) is 3.81. The molecular weight excluding hydrogens is 428 g/mol. The van der Waals surface area contributed by atoms with Gasteiger partial charge in [-0.05, 0) is 31.2 Å². The van der Waals surface area contributed by atoms with Gasteiger partial charge in [-0.25, -0.2) is 4.98 Å². The number of anilines is 3. The van der Waals surface area contributed by atoms with Gasteiger partial charge in [0, 0.05) is 32.1 Å². The molecule has 5 heterocycles. The molecule has 0 aromatic carbocycles. The van der Waals surface area contributed by atoms with Crippen LogP contribution in [0.4, 0.5) is 16.8 Å². The van der Waals surface area contributed by atoms with Gasteiger partial charge in [0.05, 0.1) is 29.3 Å². The monoisotopic (exact) mass is 454 g/mol. The smallest absolute Gasteiger partial charge is 0.297 e. The molecule has 3 aromatic heterocycles. The van der Waals surface area contributed by atoms with E-state index in [1.807, 2.05) is 6.07 Å². The largest absolute Gasteiger partial charge is 0.431 e. The average molecular weight is 455 g/mol. The van der Waals surface area contributed by atoms with E-state index in [9.17, 15) is 4.79 Å². The Kier molecular flexibility index (Phi) is 4.98. The van der Waals surface area contributed by atoms with E-state index in [2.05, 4.69) is 27.0 Å². The molecule has 9 nitrogen and oxygen atoms in total. The number of pyridine rings is 1. The molecule has 3 aliphatic rings. The van der Waals surface area contributed by atoms with Gasteiger partial charge in [0.1, 0.15) is 6.26 Å². The fourth-order valence-corrected chi connectivity index (χ4v) is 5.33. The van der Waals surface area contributed by atoms with Crippen molar-refractivity contribution in [3.05, 3.63) is 23.7 Å². The maximum absolute atomic E-state index is 13.0. The molecule has 1 amide bonds. The van der Waals surface area contributed by atoms with Crippen molar-refractivity contribution in [3.63, 3.8) is 0 Å². The van der Waals surface area contributed by atoms with Gasteiger partial charge in [0.15, 0.2) is 16.5 Å². The third-order valence-corrected chi connectivity index (χ3v) is 7.37. The van der Waals surface area contributed by atoms with Crippen LogP contribution < -0.4 is 15.1 Å². The maximum Gasteiger partial charge on any atom is 0.297 e. The van der Waals surface area contributed by atoms with E-state index in [-0.39, 0.29) is 5.91 Å². The quantitative estimate of drug-likeness (QED) is 0.626. The number of aromatic nitrogens is 3. The van der Waals surface area contributed by atoms with Crippen LogP contribution in [0.5, 0.6) is 0 Å². The Balaban J connectivity index is 1.25. The van der Waals surface area contributed by atoms with Crippen molar-refractivity contribution >= 4 is 44.4 Å². The Morgan fingerprint density at radius 2 is 1.97 bits per heavy atom. The first kappa shape index (κ1) is 19.9. The second-order valence-electron chi connectivity index (χ2n) is 8.92. The van der Waals surface area contributed by atoms with Gasteiger partial charge in [-0.15, -0.1) is 0 Å². The molecule has 6 rings (SSSR count). The molecule has 168 valence electrons. The number of rotatable bonds is 5. The van der Waals surface area contributed by atoms with E-state index in [1.165, 1.54) is 6.26 Å². The number of carbonyl (C=O) groups excluding carboxylic acids is 1. The standard InChI is InChI=1S/C22H26N6O3S/c1-13-4-5-28(11-13)21-24-16(12-31-21)20(29)23-15-10-17-19(25-18(15)14-2-3-14)26-22(32-17)27-6-8-30-9-7-27/h10,12-14H,2-9,11H2,1H3,(H,23,29). The van der Waals surface area contributed by atoms with Crippen molar-refractivity contribution in [2.24, 2.45) is 5.92 Å². The number of thiazole rings is 1. The number of hydrogen-bond donors (Lipinski definition) is 1. The topological polar surface area (TPSA) is 96.6 Å². The molecule has 2 saturated heterocycles. The van der Waals surface area contributed by atoms with Crippen LogP contribution in [0.2, 0.25) is 0 Å². The first-order valence-corrected chi connectivity index (χ1v) is 12.1. The van der Waals surface area contributed by atoms with Crippen LogP contribution >= 0.6 is 11.3 Å². The number of fused-ring (bicyclic) bond motifs is 1. The molecular formula is C22H26N6O3S. The normalized spacial score (nSPS) is 21.5. The first-order valence-electron chi connectivity index (χ1n) is 11.3. The molecule has 1 atom stereocenters. The second kappa shape index (κ2) is 8.00. The average Bonchev–Trinajstić information content (AvgIpc) is 3.19. The van der Waals surface area contributed by atoms with Crippen LogP contribution in [0.25, 0.3) is 10.3 Å². The lowest BCUT2D eigenvalue weighted by atomic mass is 10.2. The number of nitrogens with one attached hydrogen (secondary N) is 1. The minimum atomic E-state index is -0.270. The molecule has 0 spiro atoms. The SMILES string of the molecule is CC1CCN(c2nc(C(=O)Nc3cc4sc(N5CCOCC5)nc4nc3C3CC3)co2)C1. The zero-order valence-electron chi connectivity index (χ0n) is 18.0. The van der Waals surface area contributed by atoms with Gasteiger partial charge in [0.25, 0.3) is 11.9 Å². The summed E-state index contributed by atoms with van der Waals surface area (Å²) in [6.07, 6.45) is 4.73. The maximum atomic E-state index is 13.0. The minimum Gasteiger partial charge on any atom is -0.431 e. The fraction of sp³-hybridized carbons (Fsp3) is 0.545. The molecule has 0 radical (unpaired) electrons. The summed E-state index contributed by atoms with van der Waals surface area (Å²) in [6, 6.07) is 2.53. The lowest BCUT2D eigenvalue weighted by Crippen LogP contribution is -2.36. The molecule has 2 aliphatic heterocycles. The number of amides is 1. The highest BCUT2D eigenvalue weighted by atomic mass is 32.1. The number of oxazole rings is 1. The van der Waals surface area contributed by atoms with Crippen LogP contribution in [0.3, 0.4) is 0 Å². The fourth-order valence-electron chi connectivity index (χ4n) is 4.33. The second-order valence-corrected chi connectivity index (χ2v) is 9.93. The Morgan fingerprint density at radius 3 is 2.72 bits per heavy atom. The van der Waals surface area contributed by atoms with Gasteiger partial charge in [-0.1, -0.05) is 18.3 Å². The molecule has 1 N–H and O–H groups in total. The Bertz CT molecular complexity index is 1150. The Hall–Kier alpha value is -2.72. The molecule has 3 aromatic rings. The Labute approximate surface area is 189 Å². The van der Waals surface area contributed by atoms with Gasteiger partial charge in [-0.3, -0.25) is 4.79 Å². The molecule has 1 unspecified atom stereocenters. The highest BCUT2D eigenvalue weighted by Gasteiger charge is 2.30. The van der Waals surface area contributed by atoms with Crippen LogP contribution in [0, 0.1) is 5.92 Å². The van der Waals surface area contributed by atoms with Gasteiger partial charge in [0.2, 0.25) is 0 Å². The highest BCUT2D eigenvalue weighted by Crippen LogP contribution is 2.44. The van der Waals surface area contributed by atoms with Crippen LogP contribution in [0.1, 0.15) is 48.3 Å². The highest BCUT2D eigenvalue weighted by molar-refractivity contribution is 7.22. The number of hydrogen-bond acceptors (Lipinski definition) is 9. The summed E-state index contributed by atoms with van der Waals surface area (Å²) in [7, 11) is 0. The van der Waals surface area contributed by atoms with E-state index in [0.29, 0.717) is 36.8 Å². The van der Waals surface area contributed by atoms with E-state index in [1.54, 1.807) is 11.3 Å². The predicted molar refractivity (Wildman–Crippen MR) is 123 cm³/mol. The summed E-state index contributed by atoms with van der Waals surface area (Å²) in [5.74, 6) is 0.718. The number of carbonyl (C=O) groups is 1. The van der Waals surface area contributed by atoms with Gasteiger partial charge >= 0.3 is 0 Å². The molecule has 3 fully saturated rings. The van der Waals surface area contributed by atoms with Gasteiger partial charge in [-0.2, -0.15) is 9.97 Å². The van der Waals surface area contributed by atoms with Crippen molar-refractivity contribution in [1.82, 2.24) is 15.0 Å². The summed E-state index contributed by atoms with van der Waals surface area (Å²) in [6.45, 7) is 7.13. The van der Waals surface area contributed by atoms with E-state index < -0.39 is 0 Å². The minimum absolute atomic E-state index is 0.270. The van der Waals surface area contributed by atoms with Crippen LogP contribution in [-0.4, -0.2) is 60.3 Å². The summed E-state index contributed by atoms with van der Waals surface area (Å²) in [5, 5.41) is 4.00. The van der Waals surface area contributed by atoms with Gasteiger partial charge < -0.3 is 24.3 Å². The lowest BCUT2D eigenvalue weighted by molar-refractivity contribution is 0.102. The van der Waals surface area contributed by atoms with Crippen molar-refractivity contribution in [2.75, 3.05) is 54.5 Å². The Morgan fingerprint density at radius 1 is 1.12 bits per heavy atom. The first-order chi connectivity index (χ1) is 15.6. The van der Waals surface area contributed by atoms with E-state index >= 15 is 0 Å². The molecule has 1 saturated carbocycles. The summed E-state index contributed by atoms with van der Waals surface area (Å²) in [4.78, 5) is 31.4. The van der Waals surface area contributed by atoms with Crippen LogP contribution in [0.15, 0.2) is 16.7 Å². The molecule has 32 heavy (non-hydrogen) atoms. The third-order valence-electron chi connectivity index (χ3n) is 6.31. The predicted octanol–water partition coefficient (Wildman–Crippen LogP) is 3.49. The molecule has 10 heteroatoms. The van der Waals surface area contributed by atoms with Crippen molar-refractivity contribution in [1.29, 1.82) is 0 Å². The lowest BCUT2D eigenvalue weighted by Gasteiger charge is -2.25. The van der Waals surface area contributed by atoms with E-state index in [4.69, 9.17) is 19.1 Å². The zero-order chi connectivity index (χ0) is 21.7. The summed E-state index contributed by atoms with van der Waals surface area (Å²) in [5.41, 5.74) is 2.71.